The molecule has 1 heterocycles. The highest BCUT2D eigenvalue weighted by molar-refractivity contribution is 6.31. The first-order valence-electron chi connectivity index (χ1n) is 4.50. The third-order valence-corrected chi connectivity index (χ3v) is 2.85. The fraction of sp³-hybridized carbons (Fsp3) is 0.300. The van der Waals surface area contributed by atoms with Crippen molar-refractivity contribution in [3.8, 4) is 5.75 Å². The smallest absolute Gasteiger partial charge is 0.268 e. The number of hydrogen-bond acceptors (Lipinski definition) is 2. The topological polar surface area (TPSA) is 38.3 Å². The van der Waals surface area contributed by atoms with E-state index in [2.05, 4.69) is 5.32 Å². The number of ether oxygens (including phenoxy) is 1. The SMILES string of the molecule is O=C1Nc2cc(Cl)ccc2OC12CC2. The van der Waals surface area contributed by atoms with Crippen LogP contribution in [-0.2, 0) is 4.79 Å². The van der Waals surface area contributed by atoms with E-state index in [-0.39, 0.29) is 5.91 Å². The molecule has 1 saturated carbocycles. The predicted octanol–water partition coefficient (Wildman–Crippen LogP) is 2.20. The molecular formula is C10H8ClNO2. The number of carbonyl (C=O) groups is 1. The van der Waals surface area contributed by atoms with Gasteiger partial charge < -0.3 is 10.1 Å². The average molecular weight is 210 g/mol. The lowest BCUT2D eigenvalue weighted by molar-refractivity contribution is -0.125. The van der Waals surface area contributed by atoms with Gasteiger partial charge in [-0.15, -0.1) is 0 Å². The molecule has 14 heavy (non-hydrogen) atoms. The summed E-state index contributed by atoms with van der Waals surface area (Å²) in [7, 11) is 0. The fourth-order valence-electron chi connectivity index (χ4n) is 1.62. The normalized spacial score (nSPS) is 21.1. The Balaban J connectivity index is 2.06. The maximum absolute atomic E-state index is 11.6. The van der Waals surface area contributed by atoms with Gasteiger partial charge in [-0.2, -0.15) is 0 Å². The maximum atomic E-state index is 11.6. The summed E-state index contributed by atoms with van der Waals surface area (Å²) >= 11 is 5.80. The lowest BCUT2D eigenvalue weighted by Gasteiger charge is -2.25. The van der Waals surface area contributed by atoms with Gasteiger partial charge in [0, 0.05) is 17.9 Å². The molecule has 2 aliphatic rings. The second kappa shape index (κ2) is 2.42. The molecule has 4 heteroatoms. The summed E-state index contributed by atoms with van der Waals surface area (Å²) in [5.74, 6) is 0.666. The van der Waals surface area contributed by atoms with Gasteiger partial charge in [-0.05, 0) is 18.2 Å². The standard InChI is InChI=1S/C10H8ClNO2/c11-6-1-2-8-7(5-6)12-9(13)10(14-8)3-4-10/h1-2,5H,3-4H2,(H,12,13). The van der Waals surface area contributed by atoms with Crippen LogP contribution in [0.5, 0.6) is 5.75 Å². The molecule has 1 aliphatic carbocycles. The maximum Gasteiger partial charge on any atom is 0.268 e. The Bertz CT molecular complexity index is 426. The first-order chi connectivity index (χ1) is 6.70. The van der Waals surface area contributed by atoms with Crippen molar-refractivity contribution in [3.63, 3.8) is 0 Å². The largest absolute Gasteiger partial charge is 0.475 e. The Kier molecular flexibility index (Phi) is 1.40. The average Bonchev–Trinajstić information content (AvgIpc) is 2.89. The zero-order valence-corrected chi connectivity index (χ0v) is 8.10. The molecule has 0 saturated heterocycles. The van der Waals surface area contributed by atoms with Gasteiger partial charge in [0.15, 0.2) is 5.60 Å². The minimum Gasteiger partial charge on any atom is -0.475 e. The van der Waals surface area contributed by atoms with Gasteiger partial charge in [0.1, 0.15) is 5.75 Å². The second-order valence-corrected chi connectivity index (χ2v) is 4.13. The summed E-state index contributed by atoms with van der Waals surface area (Å²) in [4.78, 5) is 11.6. The second-order valence-electron chi connectivity index (χ2n) is 3.69. The van der Waals surface area contributed by atoms with E-state index in [0.717, 1.165) is 12.8 Å². The van der Waals surface area contributed by atoms with Gasteiger partial charge >= 0.3 is 0 Å². The van der Waals surface area contributed by atoms with Crippen molar-refractivity contribution < 1.29 is 9.53 Å². The van der Waals surface area contributed by atoms with Crippen molar-refractivity contribution in [1.82, 2.24) is 0 Å². The molecule has 1 aliphatic heterocycles. The number of amides is 1. The third kappa shape index (κ3) is 1.02. The van der Waals surface area contributed by atoms with Crippen LogP contribution in [0.2, 0.25) is 5.02 Å². The van der Waals surface area contributed by atoms with E-state index in [0.29, 0.717) is 16.5 Å². The van der Waals surface area contributed by atoms with Gasteiger partial charge in [0.25, 0.3) is 5.91 Å². The van der Waals surface area contributed by atoms with Crippen LogP contribution >= 0.6 is 11.6 Å². The zero-order chi connectivity index (χ0) is 9.76. The molecule has 72 valence electrons. The van der Waals surface area contributed by atoms with Gasteiger partial charge in [-0.1, -0.05) is 11.6 Å². The van der Waals surface area contributed by atoms with Crippen molar-refractivity contribution in [2.45, 2.75) is 18.4 Å². The summed E-state index contributed by atoms with van der Waals surface area (Å²) in [5, 5.41) is 3.40. The van der Waals surface area contributed by atoms with E-state index in [1.54, 1.807) is 18.2 Å². The number of hydrogen-bond donors (Lipinski definition) is 1. The quantitative estimate of drug-likeness (QED) is 0.712. The van der Waals surface area contributed by atoms with E-state index < -0.39 is 5.60 Å². The van der Waals surface area contributed by atoms with Crippen molar-refractivity contribution in [1.29, 1.82) is 0 Å². The molecule has 0 atom stereocenters. The summed E-state index contributed by atoms with van der Waals surface area (Å²) in [5.41, 5.74) is 0.0981. The zero-order valence-electron chi connectivity index (χ0n) is 7.34. The molecule has 0 bridgehead atoms. The highest BCUT2D eigenvalue weighted by Crippen LogP contribution is 2.47. The Labute approximate surface area is 86.0 Å². The van der Waals surface area contributed by atoms with Gasteiger partial charge in [0.05, 0.1) is 5.69 Å². The van der Waals surface area contributed by atoms with Crippen LogP contribution in [0.25, 0.3) is 0 Å². The Morgan fingerprint density at radius 1 is 1.43 bits per heavy atom. The van der Waals surface area contributed by atoms with E-state index >= 15 is 0 Å². The summed E-state index contributed by atoms with van der Waals surface area (Å²) in [6.45, 7) is 0. The van der Waals surface area contributed by atoms with Gasteiger partial charge in [-0.3, -0.25) is 4.79 Å². The number of nitrogens with one attached hydrogen (secondary N) is 1. The van der Waals surface area contributed by atoms with Gasteiger partial charge in [-0.25, -0.2) is 0 Å². The molecular weight excluding hydrogens is 202 g/mol. The Hall–Kier alpha value is -1.22. The summed E-state index contributed by atoms with van der Waals surface area (Å²) in [6, 6.07) is 5.25. The molecule has 0 unspecified atom stereocenters. The molecule has 1 aromatic rings. The van der Waals surface area contributed by atoms with E-state index in [9.17, 15) is 4.79 Å². The van der Waals surface area contributed by atoms with E-state index in [1.165, 1.54) is 0 Å². The lowest BCUT2D eigenvalue weighted by Crippen LogP contribution is -2.38. The first kappa shape index (κ1) is 8.12. The molecule has 1 N–H and O–H groups in total. The molecule has 1 fully saturated rings. The minimum absolute atomic E-state index is 0.0488. The van der Waals surface area contributed by atoms with Crippen LogP contribution in [0.4, 0.5) is 5.69 Å². The lowest BCUT2D eigenvalue weighted by atomic mass is 10.2. The first-order valence-corrected chi connectivity index (χ1v) is 4.87. The minimum atomic E-state index is -0.569. The van der Waals surface area contributed by atoms with E-state index in [4.69, 9.17) is 16.3 Å². The number of halogens is 1. The number of rotatable bonds is 0. The molecule has 0 aromatic heterocycles. The molecule has 3 rings (SSSR count). The number of carbonyl (C=O) groups excluding carboxylic acids is 1. The van der Waals surface area contributed by atoms with E-state index in [1.807, 2.05) is 0 Å². The number of benzene rings is 1. The molecule has 1 spiro atoms. The molecule has 1 amide bonds. The predicted molar refractivity (Wildman–Crippen MR) is 52.7 cm³/mol. The van der Waals surface area contributed by atoms with Gasteiger partial charge in [0.2, 0.25) is 0 Å². The Morgan fingerprint density at radius 2 is 2.21 bits per heavy atom. The monoisotopic (exact) mass is 209 g/mol. The van der Waals surface area contributed by atoms with Crippen molar-refractivity contribution >= 4 is 23.2 Å². The molecule has 1 aromatic carbocycles. The van der Waals surface area contributed by atoms with Crippen molar-refractivity contribution in [2.75, 3.05) is 5.32 Å². The van der Waals surface area contributed by atoms with Crippen LogP contribution in [0.3, 0.4) is 0 Å². The highest BCUT2D eigenvalue weighted by Gasteiger charge is 2.55. The van der Waals surface area contributed by atoms with Crippen LogP contribution in [-0.4, -0.2) is 11.5 Å². The van der Waals surface area contributed by atoms with Crippen LogP contribution in [0.15, 0.2) is 18.2 Å². The highest BCUT2D eigenvalue weighted by atomic mass is 35.5. The Morgan fingerprint density at radius 3 is 2.93 bits per heavy atom. The summed E-state index contributed by atoms with van der Waals surface area (Å²) < 4.78 is 5.63. The number of anilines is 1. The molecule has 0 radical (unpaired) electrons. The fourth-order valence-corrected chi connectivity index (χ4v) is 1.80. The van der Waals surface area contributed by atoms with Crippen LogP contribution in [0.1, 0.15) is 12.8 Å². The van der Waals surface area contributed by atoms with Crippen LogP contribution in [0, 0.1) is 0 Å². The number of fused-ring (bicyclic) bond motifs is 1. The molecule has 3 nitrogen and oxygen atoms in total. The van der Waals surface area contributed by atoms with Crippen LogP contribution < -0.4 is 10.1 Å². The summed E-state index contributed by atoms with van der Waals surface area (Å²) in [6.07, 6.45) is 1.61. The van der Waals surface area contributed by atoms with Crippen molar-refractivity contribution in [3.05, 3.63) is 23.2 Å². The third-order valence-electron chi connectivity index (χ3n) is 2.61. The van der Waals surface area contributed by atoms with Crippen molar-refractivity contribution in [2.24, 2.45) is 0 Å².